The molecular weight excluding hydrogens is 234 g/mol. The van der Waals surface area contributed by atoms with Crippen LogP contribution in [0.4, 0.5) is 0 Å². The van der Waals surface area contributed by atoms with Crippen molar-refractivity contribution in [1.82, 2.24) is 10.2 Å². The maximum absolute atomic E-state index is 10.1. The van der Waals surface area contributed by atoms with E-state index in [2.05, 4.69) is 11.4 Å². The Hall–Kier alpha value is -0.930. The zero-order chi connectivity index (χ0) is 12.9. The highest BCUT2D eigenvalue weighted by Gasteiger charge is 2.20. The first-order chi connectivity index (χ1) is 7.93. The molecule has 0 saturated heterocycles. The molecule has 17 heavy (non-hydrogen) atoms. The van der Waals surface area contributed by atoms with Crippen LogP contribution in [-0.2, 0) is 6.54 Å². The summed E-state index contributed by atoms with van der Waals surface area (Å²) in [4.78, 5) is 3.80. The standard InChI is InChI=1S/C12H19N3OS/c1-12(16,9-15(2)3)8-14-7-11-5-4-10(6-13)17-11/h4-5,14,16H,7-9H2,1-3H3. The minimum Gasteiger partial charge on any atom is -0.388 e. The molecule has 0 aromatic carbocycles. The highest BCUT2D eigenvalue weighted by atomic mass is 32.1. The topological polar surface area (TPSA) is 59.3 Å². The maximum Gasteiger partial charge on any atom is 0.110 e. The Bertz CT molecular complexity index is 393. The lowest BCUT2D eigenvalue weighted by molar-refractivity contribution is 0.0336. The van der Waals surface area contributed by atoms with Crippen LogP contribution in [0.15, 0.2) is 12.1 Å². The Balaban J connectivity index is 2.35. The summed E-state index contributed by atoms with van der Waals surface area (Å²) in [5.74, 6) is 0. The molecule has 0 aliphatic rings. The first-order valence-electron chi connectivity index (χ1n) is 5.49. The predicted molar refractivity (Wildman–Crippen MR) is 69.9 cm³/mol. The summed E-state index contributed by atoms with van der Waals surface area (Å²) in [6.07, 6.45) is 0. The molecule has 0 radical (unpaired) electrons. The number of hydrogen-bond donors (Lipinski definition) is 2. The number of nitrogens with one attached hydrogen (secondary N) is 1. The van der Waals surface area contributed by atoms with E-state index in [-0.39, 0.29) is 0 Å². The zero-order valence-corrected chi connectivity index (χ0v) is 11.3. The van der Waals surface area contributed by atoms with Gasteiger partial charge in [0.2, 0.25) is 0 Å². The summed E-state index contributed by atoms with van der Waals surface area (Å²) in [5.41, 5.74) is -0.737. The van der Waals surface area contributed by atoms with Gasteiger partial charge in [0.05, 0.1) is 5.60 Å². The lowest BCUT2D eigenvalue weighted by Crippen LogP contribution is -2.45. The molecule has 0 bridgehead atoms. The summed E-state index contributed by atoms with van der Waals surface area (Å²) in [6.45, 7) is 3.66. The second kappa shape index (κ2) is 6.12. The molecule has 1 heterocycles. The predicted octanol–water partition coefficient (Wildman–Crippen LogP) is 1.02. The summed E-state index contributed by atoms with van der Waals surface area (Å²) in [6, 6.07) is 5.88. The monoisotopic (exact) mass is 253 g/mol. The molecule has 1 atom stereocenters. The number of nitriles is 1. The van der Waals surface area contributed by atoms with Gasteiger partial charge in [0.25, 0.3) is 0 Å². The SMILES string of the molecule is CN(C)CC(C)(O)CNCc1ccc(C#N)s1. The number of aliphatic hydroxyl groups is 1. The van der Waals surface area contributed by atoms with E-state index in [9.17, 15) is 5.11 Å². The van der Waals surface area contributed by atoms with Gasteiger partial charge in [-0.15, -0.1) is 11.3 Å². The number of thiophene rings is 1. The maximum atomic E-state index is 10.1. The van der Waals surface area contributed by atoms with Crippen molar-refractivity contribution in [2.75, 3.05) is 27.2 Å². The van der Waals surface area contributed by atoms with Crippen LogP contribution in [0.25, 0.3) is 0 Å². The van der Waals surface area contributed by atoms with Gasteiger partial charge in [0.1, 0.15) is 10.9 Å². The van der Waals surface area contributed by atoms with E-state index < -0.39 is 5.60 Å². The van der Waals surface area contributed by atoms with Crippen LogP contribution < -0.4 is 5.32 Å². The largest absolute Gasteiger partial charge is 0.388 e. The van der Waals surface area contributed by atoms with Crippen LogP contribution in [0.2, 0.25) is 0 Å². The molecular formula is C12H19N3OS. The van der Waals surface area contributed by atoms with Gasteiger partial charge in [-0.2, -0.15) is 5.26 Å². The molecule has 5 heteroatoms. The Morgan fingerprint density at radius 1 is 1.53 bits per heavy atom. The number of rotatable bonds is 6. The van der Waals surface area contributed by atoms with Gasteiger partial charge < -0.3 is 15.3 Å². The third kappa shape index (κ3) is 5.29. The van der Waals surface area contributed by atoms with E-state index in [1.165, 1.54) is 11.3 Å². The molecule has 4 nitrogen and oxygen atoms in total. The summed E-state index contributed by atoms with van der Waals surface area (Å²) >= 11 is 1.48. The van der Waals surface area contributed by atoms with Crippen LogP contribution in [0.5, 0.6) is 0 Å². The second-order valence-corrected chi connectivity index (χ2v) is 5.88. The minimum absolute atomic E-state index is 0.533. The van der Waals surface area contributed by atoms with Crippen LogP contribution >= 0.6 is 11.3 Å². The molecule has 2 N–H and O–H groups in total. The van der Waals surface area contributed by atoms with Gasteiger partial charge >= 0.3 is 0 Å². The fourth-order valence-corrected chi connectivity index (χ4v) is 2.50. The van der Waals surface area contributed by atoms with E-state index in [1.807, 2.05) is 38.1 Å². The normalized spacial score (nSPS) is 14.6. The van der Waals surface area contributed by atoms with Crippen molar-refractivity contribution in [2.24, 2.45) is 0 Å². The van der Waals surface area contributed by atoms with Gasteiger partial charge in [-0.05, 0) is 33.2 Å². The van der Waals surface area contributed by atoms with Gasteiger partial charge in [-0.25, -0.2) is 0 Å². The molecule has 1 rings (SSSR count). The Labute approximate surface area is 106 Å². The van der Waals surface area contributed by atoms with E-state index in [4.69, 9.17) is 5.26 Å². The first kappa shape index (κ1) is 14.1. The van der Waals surface area contributed by atoms with Crippen molar-refractivity contribution >= 4 is 11.3 Å². The lowest BCUT2D eigenvalue weighted by Gasteiger charge is -2.27. The summed E-state index contributed by atoms with van der Waals surface area (Å²) in [5, 5.41) is 22.0. The minimum atomic E-state index is -0.737. The molecule has 0 fully saturated rings. The fourth-order valence-electron chi connectivity index (χ4n) is 1.73. The Kier molecular flexibility index (Phi) is 5.09. The van der Waals surface area contributed by atoms with Crippen molar-refractivity contribution in [3.8, 4) is 6.07 Å². The van der Waals surface area contributed by atoms with E-state index in [1.54, 1.807) is 0 Å². The van der Waals surface area contributed by atoms with Crippen molar-refractivity contribution < 1.29 is 5.11 Å². The van der Waals surface area contributed by atoms with Crippen LogP contribution in [0.1, 0.15) is 16.7 Å². The highest BCUT2D eigenvalue weighted by molar-refractivity contribution is 7.12. The molecule has 1 unspecified atom stereocenters. The molecule has 0 amide bonds. The Morgan fingerprint density at radius 3 is 2.76 bits per heavy atom. The van der Waals surface area contributed by atoms with Gasteiger partial charge in [-0.3, -0.25) is 0 Å². The Morgan fingerprint density at radius 2 is 2.24 bits per heavy atom. The zero-order valence-electron chi connectivity index (χ0n) is 10.5. The van der Waals surface area contributed by atoms with Gasteiger partial charge in [-0.1, -0.05) is 0 Å². The van der Waals surface area contributed by atoms with Crippen molar-refractivity contribution in [3.05, 3.63) is 21.9 Å². The van der Waals surface area contributed by atoms with Gasteiger partial charge in [0.15, 0.2) is 0 Å². The van der Waals surface area contributed by atoms with Crippen LogP contribution in [0.3, 0.4) is 0 Å². The third-order valence-corrected chi connectivity index (χ3v) is 3.22. The average Bonchev–Trinajstić information content (AvgIpc) is 2.63. The average molecular weight is 253 g/mol. The van der Waals surface area contributed by atoms with Crippen LogP contribution in [-0.4, -0.2) is 42.8 Å². The molecule has 0 saturated carbocycles. The molecule has 1 aromatic rings. The van der Waals surface area contributed by atoms with Crippen molar-refractivity contribution in [3.63, 3.8) is 0 Å². The molecule has 0 aliphatic heterocycles. The quantitative estimate of drug-likeness (QED) is 0.795. The van der Waals surface area contributed by atoms with E-state index in [0.717, 1.165) is 9.75 Å². The smallest absolute Gasteiger partial charge is 0.110 e. The number of likely N-dealkylation sites (N-methyl/N-ethyl adjacent to an activating group) is 1. The number of nitrogens with zero attached hydrogens (tertiary/aromatic N) is 2. The van der Waals surface area contributed by atoms with E-state index >= 15 is 0 Å². The molecule has 0 aliphatic carbocycles. The number of hydrogen-bond acceptors (Lipinski definition) is 5. The summed E-state index contributed by atoms with van der Waals surface area (Å²) < 4.78 is 0. The van der Waals surface area contributed by atoms with Crippen molar-refractivity contribution in [1.29, 1.82) is 5.26 Å². The molecule has 94 valence electrons. The fraction of sp³-hybridized carbons (Fsp3) is 0.583. The van der Waals surface area contributed by atoms with Crippen LogP contribution in [0, 0.1) is 11.3 Å². The lowest BCUT2D eigenvalue weighted by atomic mass is 10.1. The van der Waals surface area contributed by atoms with Crippen molar-refractivity contribution in [2.45, 2.75) is 19.1 Å². The molecule has 0 spiro atoms. The van der Waals surface area contributed by atoms with E-state index in [0.29, 0.717) is 19.6 Å². The van der Waals surface area contributed by atoms with Gasteiger partial charge in [0, 0.05) is 24.5 Å². The molecule has 1 aromatic heterocycles. The third-order valence-electron chi connectivity index (χ3n) is 2.23. The highest BCUT2D eigenvalue weighted by Crippen LogP contribution is 2.15. The first-order valence-corrected chi connectivity index (χ1v) is 6.31. The summed E-state index contributed by atoms with van der Waals surface area (Å²) in [7, 11) is 3.87. The second-order valence-electron chi connectivity index (χ2n) is 4.72.